The van der Waals surface area contributed by atoms with Crippen LogP contribution in [0.15, 0.2) is 28.2 Å². The van der Waals surface area contributed by atoms with Crippen LogP contribution in [0.1, 0.15) is 15.9 Å². The molecule has 0 spiro atoms. The third kappa shape index (κ3) is 3.36. The molecule has 0 amide bonds. The normalized spacial score (nSPS) is 10.6. The first-order valence-corrected chi connectivity index (χ1v) is 5.55. The summed E-state index contributed by atoms with van der Waals surface area (Å²) in [5, 5.41) is 0. The molecule has 2 nitrogen and oxygen atoms in total. The van der Waals surface area contributed by atoms with E-state index >= 15 is 0 Å². The lowest BCUT2D eigenvalue weighted by Crippen LogP contribution is -1.99. The average molecular weight is 290 g/mol. The van der Waals surface area contributed by atoms with Gasteiger partial charge in [-0.15, -0.1) is 0 Å². The van der Waals surface area contributed by atoms with Gasteiger partial charge in [-0.3, -0.25) is 4.79 Å². The molecule has 15 heavy (non-hydrogen) atoms. The summed E-state index contributed by atoms with van der Waals surface area (Å²) < 4.78 is 6.29. The molecule has 0 unspecified atom stereocenters. The lowest BCUT2D eigenvalue weighted by atomic mass is 10.1. The van der Waals surface area contributed by atoms with Crippen molar-refractivity contribution in [2.24, 2.45) is 0 Å². The van der Waals surface area contributed by atoms with Crippen LogP contribution in [0.2, 0.25) is 0 Å². The third-order valence-electron chi connectivity index (χ3n) is 1.81. The van der Waals surface area contributed by atoms with E-state index < -0.39 is 0 Å². The van der Waals surface area contributed by atoms with Crippen molar-refractivity contribution in [1.29, 1.82) is 0 Å². The van der Waals surface area contributed by atoms with Gasteiger partial charge >= 0.3 is 0 Å². The highest BCUT2D eigenvalue weighted by atomic mass is 79.9. The number of halogens is 2. The van der Waals surface area contributed by atoms with Gasteiger partial charge in [0.2, 0.25) is 0 Å². The monoisotopic (exact) mass is 288 g/mol. The van der Waals surface area contributed by atoms with E-state index in [0.29, 0.717) is 17.9 Å². The molecule has 0 bridgehead atoms. The molecule has 0 saturated heterocycles. The molecule has 0 radical (unpaired) electrons. The van der Waals surface area contributed by atoms with Crippen LogP contribution in [-0.2, 0) is 0 Å². The predicted molar refractivity (Wildman–Crippen MR) is 64.8 cm³/mol. The smallest absolute Gasteiger partial charge is 0.153 e. The number of aryl methyl sites for hydroxylation is 1. The van der Waals surface area contributed by atoms with Gasteiger partial charge in [0.05, 0.1) is 5.56 Å². The van der Waals surface area contributed by atoms with Crippen LogP contribution >= 0.6 is 27.5 Å². The fourth-order valence-corrected chi connectivity index (χ4v) is 1.87. The van der Waals surface area contributed by atoms with Gasteiger partial charge in [0, 0.05) is 10.0 Å². The lowest BCUT2D eigenvalue weighted by molar-refractivity contribution is 0.112. The lowest BCUT2D eigenvalue weighted by Gasteiger charge is -2.10. The minimum Gasteiger partial charge on any atom is -0.488 e. The number of ether oxygens (including phenoxy) is 1. The number of aldehydes is 1. The number of benzene rings is 1. The average Bonchev–Trinajstić information content (AvgIpc) is 2.20. The Balaban J connectivity index is 2.98. The minimum atomic E-state index is 0.354. The number of rotatable bonds is 4. The zero-order chi connectivity index (χ0) is 11.3. The summed E-state index contributed by atoms with van der Waals surface area (Å²) in [6.45, 7) is 2.24. The summed E-state index contributed by atoms with van der Waals surface area (Å²) >= 11 is 8.69. The maximum atomic E-state index is 10.8. The minimum absolute atomic E-state index is 0.354. The van der Waals surface area contributed by atoms with Crippen molar-refractivity contribution in [3.63, 3.8) is 0 Å². The molecule has 0 saturated carbocycles. The molecular weight excluding hydrogens is 279 g/mol. The Labute approximate surface area is 102 Å². The van der Waals surface area contributed by atoms with Gasteiger partial charge in [0.1, 0.15) is 12.4 Å². The predicted octanol–water partition coefficient (Wildman–Crippen LogP) is 3.70. The maximum Gasteiger partial charge on any atom is 0.153 e. The van der Waals surface area contributed by atoms with E-state index in [0.717, 1.165) is 16.3 Å². The summed E-state index contributed by atoms with van der Waals surface area (Å²) in [4.78, 5) is 10.8. The largest absolute Gasteiger partial charge is 0.488 e. The van der Waals surface area contributed by atoms with Crippen LogP contribution in [0.3, 0.4) is 0 Å². The molecule has 1 aromatic carbocycles. The van der Waals surface area contributed by atoms with Crippen LogP contribution in [0.4, 0.5) is 0 Å². The Hall–Kier alpha value is -0.800. The molecule has 0 aliphatic heterocycles. The summed E-state index contributed by atoms with van der Waals surface area (Å²) in [6, 6.07) is 3.62. The fraction of sp³-hybridized carbons (Fsp3) is 0.182. The van der Waals surface area contributed by atoms with E-state index in [2.05, 4.69) is 15.9 Å². The van der Waals surface area contributed by atoms with Crippen LogP contribution < -0.4 is 4.74 Å². The van der Waals surface area contributed by atoms with E-state index in [4.69, 9.17) is 16.3 Å². The first-order valence-electron chi connectivity index (χ1n) is 4.32. The quantitative estimate of drug-likeness (QED) is 0.790. The van der Waals surface area contributed by atoms with Crippen LogP contribution in [0, 0.1) is 6.92 Å². The van der Waals surface area contributed by atoms with Crippen molar-refractivity contribution in [3.05, 3.63) is 39.3 Å². The van der Waals surface area contributed by atoms with Gasteiger partial charge in [-0.1, -0.05) is 27.5 Å². The molecule has 1 aromatic rings. The maximum absolute atomic E-state index is 10.8. The van der Waals surface area contributed by atoms with Gasteiger partial charge in [0.25, 0.3) is 0 Å². The fourth-order valence-electron chi connectivity index (χ4n) is 1.21. The molecule has 1 rings (SSSR count). The van der Waals surface area contributed by atoms with E-state index in [9.17, 15) is 4.79 Å². The zero-order valence-corrected chi connectivity index (χ0v) is 10.5. The molecule has 80 valence electrons. The Bertz CT molecular complexity index is 388. The molecule has 0 fully saturated rings. The Kier molecular flexibility index (Phi) is 4.85. The molecule has 0 aliphatic rings. The first kappa shape index (κ1) is 12.3. The molecule has 0 heterocycles. The Morgan fingerprint density at radius 1 is 1.53 bits per heavy atom. The van der Waals surface area contributed by atoms with Crippen molar-refractivity contribution in [2.75, 3.05) is 6.61 Å². The van der Waals surface area contributed by atoms with Crippen LogP contribution in [-0.4, -0.2) is 12.9 Å². The van der Waals surface area contributed by atoms with Crippen LogP contribution in [0.5, 0.6) is 5.75 Å². The van der Waals surface area contributed by atoms with Crippen LogP contribution in [0.25, 0.3) is 0 Å². The van der Waals surface area contributed by atoms with Crippen molar-refractivity contribution in [1.82, 2.24) is 0 Å². The summed E-state index contributed by atoms with van der Waals surface area (Å²) in [5.41, 5.74) is 2.83. The van der Waals surface area contributed by atoms with Gasteiger partial charge in [0.15, 0.2) is 6.29 Å². The number of hydrogen-bond acceptors (Lipinski definition) is 2. The van der Waals surface area contributed by atoms with E-state index in [1.165, 1.54) is 5.54 Å². The number of carbonyl (C=O) groups is 1. The topological polar surface area (TPSA) is 26.3 Å². The van der Waals surface area contributed by atoms with Crippen molar-refractivity contribution in [3.8, 4) is 5.75 Å². The van der Waals surface area contributed by atoms with Crippen molar-refractivity contribution in [2.45, 2.75) is 6.92 Å². The van der Waals surface area contributed by atoms with Crippen molar-refractivity contribution < 1.29 is 9.53 Å². The van der Waals surface area contributed by atoms with Crippen molar-refractivity contribution >= 4 is 33.8 Å². The van der Waals surface area contributed by atoms with Gasteiger partial charge in [-0.05, 0) is 30.7 Å². The molecule has 0 aromatic heterocycles. The van der Waals surface area contributed by atoms with Gasteiger partial charge in [-0.2, -0.15) is 0 Å². The third-order valence-corrected chi connectivity index (χ3v) is 2.44. The zero-order valence-electron chi connectivity index (χ0n) is 8.17. The van der Waals surface area contributed by atoms with Gasteiger partial charge in [-0.25, -0.2) is 0 Å². The molecular formula is C11H10BrClO2. The second-order valence-corrected chi connectivity index (χ2v) is 4.10. The number of hydrogen-bond donors (Lipinski definition) is 0. The van der Waals surface area contributed by atoms with E-state index in [1.807, 2.05) is 13.0 Å². The highest BCUT2D eigenvalue weighted by Crippen LogP contribution is 2.26. The second-order valence-electron chi connectivity index (χ2n) is 2.93. The van der Waals surface area contributed by atoms with E-state index in [-0.39, 0.29) is 0 Å². The molecule has 0 N–H and O–H groups in total. The molecule has 0 atom stereocenters. The first-order chi connectivity index (χ1) is 7.19. The SMILES string of the molecule is Cc1cc(Br)cc(C=O)c1OC/C=C/Cl. The standard InChI is InChI=1S/C11H10BrClO2/c1-8-5-10(12)6-9(7-14)11(8)15-4-2-3-13/h2-3,5-7H,4H2,1H3/b3-2+. The Morgan fingerprint density at radius 2 is 2.27 bits per heavy atom. The summed E-state index contributed by atoms with van der Waals surface area (Å²) in [5.74, 6) is 0.600. The van der Waals surface area contributed by atoms with E-state index in [1.54, 1.807) is 12.1 Å². The number of carbonyl (C=O) groups excluding carboxylic acids is 1. The molecule has 0 aliphatic carbocycles. The highest BCUT2D eigenvalue weighted by Gasteiger charge is 2.07. The highest BCUT2D eigenvalue weighted by molar-refractivity contribution is 9.10. The Morgan fingerprint density at radius 3 is 2.87 bits per heavy atom. The second kappa shape index (κ2) is 5.93. The van der Waals surface area contributed by atoms with Gasteiger partial charge < -0.3 is 4.74 Å². The molecule has 4 heteroatoms. The summed E-state index contributed by atoms with van der Waals surface area (Å²) in [7, 11) is 0. The summed E-state index contributed by atoms with van der Waals surface area (Å²) in [6.07, 6.45) is 2.44.